The van der Waals surface area contributed by atoms with Gasteiger partial charge in [0.25, 0.3) is 0 Å². The van der Waals surface area contributed by atoms with Crippen LogP contribution in [0.25, 0.3) is 0 Å². The molecule has 20 heavy (non-hydrogen) atoms. The number of carbonyl (C=O) groups excluding carboxylic acids is 1. The number of rotatable bonds is 5. The van der Waals surface area contributed by atoms with E-state index in [0.29, 0.717) is 29.6 Å². The van der Waals surface area contributed by atoms with E-state index in [1.807, 2.05) is 6.92 Å². The van der Waals surface area contributed by atoms with E-state index in [2.05, 4.69) is 15.3 Å². The number of amides is 1. The van der Waals surface area contributed by atoms with E-state index in [1.165, 1.54) is 0 Å². The van der Waals surface area contributed by atoms with Crippen molar-refractivity contribution in [2.45, 2.75) is 6.92 Å². The predicted octanol–water partition coefficient (Wildman–Crippen LogP) is 1.38. The third kappa shape index (κ3) is 3.35. The Kier molecular flexibility index (Phi) is 3.99. The van der Waals surface area contributed by atoms with Gasteiger partial charge in [-0.05, 0) is 31.2 Å². The summed E-state index contributed by atoms with van der Waals surface area (Å²) in [5.74, 6) is 1.06. The van der Waals surface area contributed by atoms with Crippen LogP contribution in [-0.4, -0.2) is 22.4 Å². The maximum Gasteiger partial charge on any atom is 0.248 e. The van der Waals surface area contributed by atoms with Crippen LogP contribution >= 0.6 is 0 Å². The number of nitrogens with one attached hydrogen (secondary N) is 1. The standard InChI is InChI=1S/C13H15N5O2/c1-2-16-10-7-11(18-13(15)17-10)20-9-5-3-8(4-6-9)12(14)19/h3-7H,2H2,1H3,(H2,14,19)(H3,15,16,17,18). The molecule has 104 valence electrons. The maximum absolute atomic E-state index is 11.0. The molecule has 1 aromatic heterocycles. The van der Waals surface area contributed by atoms with Crippen molar-refractivity contribution in [1.29, 1.82) is 0 Å². The molecule has 2 aromatic rings. The number of primary amides is 1. The van der Waals surface area contributed by atoms with Crippen LogP contribution in [0.3, 0.4) is 0 Å². The number of benzene rings is 1. The Labute approximate surface area is 116 Å². The fourth-order valence-electron chi connectivity index (χ4n) is 1.57. The first-order valence-electron chi connectivity index (χ1n) is 6.04. The second-order valence-electron chi connectivity index (χ2n) is 3.97. The van der Waals surface area contributed by atoms with E-state index in [0.717, 1.165) is 0 Å². The molecule has 0 unspecified atom stereocenters. The van der Waals surface area contributed by atoms with E-state index in [9.17, 15) is 4.79 Å². The van der Waals surface area contributed by atoms with Crippen molar-refractivity contribution in [3.63, 3.8) is 0 Å². The zero-order chi connectivity index (χ0) is 14.5. The molecule has 0 radical (unpaired) electrons. The van der Waals surface area contributed by atoms with Crippen LogP contribution in [0.4, 0.5) is 11.8 Å². The molecule has 0 bridgehead atoms. The Morgan fingerprint density at radius 2 is 2.00 bits per heavy atom. The lowest BCUT2D eigenvalue weighted by Crippen LogP contribution is -2.10. The fraction of sp³-hybridized carbons (Fsp3) is 0.154. The minimum atomic E-state index is -0.489. The van der Waals surface area contributed by atoms with Gasteiger partial charge in [-0.3, -0.25) is 4.79 Å². The lowest BCUT2D eigenvalue weighted by molar-refractivity contribution is 0.100. The lowest BCUT2D eigenvalue weighted by atomic mass is 10.2. The number of nitrogens with two attached hydrogens (primary N) is 2. The first-order chi connectivity index (χ1) is 9.58. The Balaban J connectivity index is 2.18. The van der Waals surface area contributed by atoms with Gasteiger partial charge in [-0.1, -0.05) is 0 Å². The minimum Gasteiger partial charge on any atom is -0.439 e. The summed E-state index contributed by atoms with van der Waals surface area (Å²) in [7, 11) is 0. The molecule has 0 saturated carbocycles. The Hall–Kier alpha value is -2.83. The highest BCUT2D eigenvalue weighted by molar-refractivity contribution is 5.92. The van der Waals surface area contributed by atoms with Gasteiger partial charge in [0.2, 0.25) is 17.7 Å². The number of nitrogen functional groups attached to an aromatic ring is 1. The van der Waals surface area contributed by atoms with E-state index < -0.39 is 5.91 Å². The molecule has 0 atom stereocenters. The quantitative estimate of drug-likeness (QED) is 0.757. The molecule has 1 amide bonds. The highest BCUT2D eigenvalue weighted by Crippen LogP contribution is 2.22. The predicted molar refractivity (Wildman–Crippen MR) is 75.6 cm³/mol. The topological polar surface area (TPSA) is 116 Å². The van der Waals surface area contributed by atoms with Crippen LogP contribution in [0, 0.1) is 0 Å². The van der Waals surface area contributed by atoms with Crippen LogP contribution < -0.4 is 21.5 Å². The van der Waals surface area contributed by atoms with Crippen molar-refractivity contribution in [2.24, 2.45) is 5.73 Å². The summed E-state index contributed by atoms with van der Waals surface area (Å²) >= 11 is 0. The first kappa shape index (κ1) is 13.6. The molecule has 0 saturated heterocycles. The van der Waals surface area contributed by atoms with Crippen LogP contribution in [0.15, 0.2) is 30.3 Å². The van der Waals surface area contributed by atoms with E-state index in [4.69, 9.17) is 16.2 Å². The summed E-state index contributed by atoms with van der Waals surface area (Å²) < 4.78 is 5.56. The molecule has 1 aromatic carbocycles. The van der Waals surface area contributed by atoms with Gasteiger partial charge in [0.15, 0.2) is 0 Å². The number of hydrogen-bond donors (Lipinski definition) is 3. The van der Waals surface area contributed by atoms with Gasteiger partial charge in [-0.15, -0.1) is 0 Å². The van der Waals surface area contributed by atoms with Crippen molar-refractivity contribution in [2.75, 3.05) is 17.6 Å². The second kappa shape index (κ2) is 5.87. The summed E-state index contributed by atoms with van der Waals surface area (Å²) in [5, 5.41) is 3.03. The molecular formula is C13H15N5O2. The lowest BCUT2D eigenvalue weighted by Gasteiger charge is -2.08. The summed E-state index contributed by atoms with van der Waals surface area (Å²) in [6.07, 6.45) is 0. The zero-order valence-corrected chi connectivity index (χ0v) is 11.0. The van der Waals surface area contributed by atoms with Gasteiger partial charge in [0.05, 0.1) is 0 Å². The zero-order valence-electron chi connectivity index (χ0n) is 11.0. The largest absolute Gasteiger partial charge is 0.439 e. The van der Waals surface area contributed by atoms with Crippen LogP contribution in [0.5, 0.6) is 11.6 Å². The molecule has 7 nitrogen and oxygen atoms in total. The van der Waals surface area contributed by atoms with Crippen molar-refractivity contribution < 1.29 is 9.53 Å². The molecule has 2 rings (SSSR count). The molecular weight excluding hydrogens is 258 g/mol. The highest BCUT2D eigenvalue weighted by atomic mass is 16.5. The number of hydrogen-bond acceptors (Lipinski definition) is 6. The van der Waals surface area contributed by atoms with Crippen molar-refractivity contribution in [3.8, 4) is 11.6 Å². The van der Waals surface area contributed by atoms with Gasteiger partial charge in [0.1, 0.15) is 11.6 Å². The van der Waals surface area contributed by atoms with E-state index in [-0.39, 0.29) is 5.95 Å². The fourth-order valence-corrected chi connectivity index (χ4v) is 1.57. The summed E-state index contributed by atoms with van der Waals surface area (Å²) in [6.45, 7) is 2.66. The third-order valence-electron chi connectivity index (χ3n) is 2.44. The molecule has 0 aliphatic heterocycles. The number of nitrogens with zero attached hydrogens (tertiary/aromatic N) is 2. The molecule has 0 fully saturated rings. The Morgan fingerprint density at radius 3 is 2.60 bits per heavy atom. The average molecular weight is 273 g/mol. The maximum atomic E-state index is 11.0. The van der Waals surface area contributed by atoms with Crippen LogP contribution in [0.1, 0.15) is 17.3 Å². The van der Waals surface area contributed by atoms with Gasteiger partial charge >= 0.3 is 0 Å². The molecule has 1 heterocycles. The van der Waals surface area contributed by atoms with Crippen molar-refractivity contribution in [3.05, 3.63) is 35.9 Å². The van der Waals surface area contributed by atoms with E-state index >= 15 is 0 Å². The smallest absolute Gasteiger partial charge is 0.248 e. The summed E-state index contributed by atoms with van der Waals surface area (Å²) in [6, 6.07) is 8.05. The van der Waals surface area contributed by atoms with Gasteiger partial charge < -0.3 is 21.5 Å². The van der Waals surface area contributed by atoms with Gasteiger partial charge in [-0.25, -0.2) is 0 Å². The molecule has 5 N–H and O–H groups in total. The first-order valence-corrected chi connectivity index (χ1v) is 6.04. The Bertz CT molecular complexity index is 613. The van der Waals surface area contributed by atoms with Crippen molar-refractivity contribution >= 4 is 17.7 Å². The molecule has 0 aliphatic rings. The monoisotopic (exact) mass is 273 g/mol. The molecule has 7 heteroatoms. The van der Waals surface area contributed by atoms with E-state index in [1.54, 1.807) is 30.3 Å². The summed E-state index contributed by atoms with van der Waals surface area (Å²) in [5.41, 5.74) is 11.2. The number of anilines is 2. The van der Waals surface area contributed by atoms with Gasteiger partial charge in [0, 0.05) is 18.2 Å². The minimum absolute atomic E-state index is 0.118. The average Bonchev–Trinajstić information content (AvgIpc) is 2.39. The number of aromatic nitrogens is 2. The van der Waals surface area contributed by atoms with Crippen LogP contribution in [-0.2, 0) is 0 Å². The number of ether oxygens (including phenoxy) is 1. The highest BCUT2D eigenvalue weighted by Gasteiger charge is 2.05. The third-order valence-corrected chi connectivity index (χ3v) is 2.44. The molecule has 0 spiro atoms. The number of carbonyl (C=O) groups is 1. The second-order valence-corrected chi connectivity index (χ2v) is 3.97. The SMILES string of the molecule is CCNc1cc(Oc2ccc(C(N)=O)cc2)nc(N)n1. The Morgan fingerprint density at radius 1 is 1.30 bits per heavy atom. The molecule has 0 aliphatic carbocycles. The normalized spacial score (nSPS) is 10.1. The summed E-state index contributed by atoms with van der Waals surface area (Å²) in [4.78, 5) is 19.0. The van der Waals surface area contributed by atoms with Gasteiger partial charge in [-0.2, -0.15) is 9.97 Å². The van der Waals surface area contributed by atoms with Crippen molar-refractivity contribution in [1.82, 2.24) is 9.97 Å². The van der Waals surface area contributed by atoms with Crippen LogP contribution in [0.2, 0.25) is 0 Å².